The number of benzene rings is 1. The van der Waals surface area contributed by atoms with Gasteiger partial charge in [0.1, 0.15) is 0 Å². The van der Waals surface area contributed by atoms with Crippen molar-refractivity contribution >= 4 is 5.69 Å². The number of hydrogen-bond acceptors (Lipinski definition) is 4. The molecule has 1 fully saturated rings. The summed E-state index contributed by atoms with van der Waals surface area (Å²) in [5.41, 5.74) is 2.60. The van der Waals surface area contributed by atoms with Gasteiger partial charge < -0.3 is 20.1 Å². The smallest absolute Gasteiger partial charge is 0.0726 e. The molecule has 3 unspecified atom stereocenters. The lowest BCUT2D eigenvalue weighted by molar-refractivity contribution is -0.00526. The number of ether oxygens (including phenoxy) is 1. The number of rotatable bonds is 6. The van der Waals surface area contributed by atoms with Crippen LogP contribution in [0.4, 0.5) is 5.69 Å². The summed E-state index contributed by atoms with van der Waals surface area (Å²) in [6, 6.07) is 8.55. The van der Waals surface area contributed by atoms with Crippen LogP contribution in [-0.2, 0) is 11.3 Å². The molecule has 1 saturated heterocycles. The van der Waals surface area contributed by atoms with Gasteiger partial charge in [0, 0.05) is 38.5 Å². The van der Waals surface area contributed by atoms with E-state index in [4.69, 9.17) is 9.84 Å². The van der Waals surface area contributed by atoms with Gasteiger partial charge in [-0.3, -0.25) is 0 Å². The van der Waals surface area contributed by atoms with Crippen molar-refractivity contribution in [2.45, 2.75) is 39.5 Å². The Bertz CT molecular complexity index is 429. The summed E-state index contributed by atoms with van der Waals surface area (Å²) in [4.78, 5) is 2.42. The quantitative estimate of drug-likeness (QED) is 0.842. The van der Waals surface area contributed by atoms with Crippen molar-refractivity contribution in [3.63, 3.8) is 0 Å². The second-order valence-electron chi connectivity index (χ2n) is 6.21. The van der Waals surface area contributed by atoms with Crippen molar-refractivity contribution < 1.29 is 9.84 Å². The lowest BCUT2D eigenvalue weighted by Gasteiger charge is -2.37. The van der Waals surface area contributed by atoms with Crippen LogP contribution in [0.25, 0.3) is 0 Å². The van der Waals surface area contributed by atoms with Crippen LogP contribution >= 0.6 is 0 Å². The molecule has 1 heterocycles. The fraction of sp³-hybridized carbons (Fsp3) is 0.647. The van der Waals surface area contributed by atoms with Crippen molar-refractivity contribution in [1.82, 2.24) is 5.32 Å². The van der Waals surface area contributed by atoms with Gasteiger partial charge in [0.15, 0.2) is 0 Å². The van der Waals surface area contributed by atoms with Crippen molar-refractivity contribution in [3.05, 3.63) is 29.8 Å². The average Bonchev–Trinajstić information content (AvgIpc) is 2.46. The van der Waals surface area contributed by atoms with E-state index in [9.17, 15) is 0 Å². The molecule has 0 aliphatic carbocycles. The highest BCUT2D eigenvalue weighted by Gasteiger charge is 2.23. The molecule has 3 atom stereocenters. The number of nitrogens with one attached hydrogen (secondary N) is 1. The highest BCUT2D eigenvalue weighted by Crippen LogP contribution is 2.24. The Hall–Kier alpha value is -1.10. The zero-order chi connectivity index (χ0) is 15.2. The van der Waals surface area contributed by atoms with E-state index < -0.39 is 0 Å². The van der Waals surface area contributed by atoms with Gasteiger partial charge in [-0.2, -0.15) is 0 Å². The monoisotopic (exact) mass is 292 g/mol. The van der Waals surface area contributed by atoms with Crippen LogP contribution < -0.4 is 10.2 Å². The number of nitrogens with zero attached hydrogens (tertiary/aromatic N) is 1. The zero-order valence-corrected chi connectivity index (χ0v) is 13.4. The lowest BCUT2D eigenvalue weighted by Crippen LogP contribution is -2.46. The van der Waals surface area contributed by atoms with Crippen LogP contribution in [-0.4, -0.2) is 43.6 Å². The zero-order valence-electron chi connectivity index (χ0n) is 13.4. The average molecular weight is 292 g/mol. The molecule has 2 rings (SSSR count). The highest BCUT2D eigenvalue weighted by atomic mass is 16.5. The summed E-state index contributed by atoms with van der Waals surface area (Å²) >= 11 is 0. The molecular formula is C17H28N2O2. The van der Waals surface area contributed by atoms with E-state index in [2.05, 4.69) is 48.3 Å². The van der Waals surface area contributed by atoms with E-state index in [1.54, 1.807) is 0 Å². The molecular weight excluding hydrogens is 264 g/mol. The number of morpholine rings is 1. The van der Waals surface area contributed by atoms with Crippen LogP contribution in [0.1, 0.15) is 26.3 Å². The molecule has 1 aliphatic heterocycles. The highest BCUT2D eigenvalue weighted by molar-refractivity contribution is 5.54. The van der Waals surface area contributed by atoms with Gasteiger partial charge in [0.2, 0.25) is 0 Å². The maximum atomic E-state index is 9.09. The summed E-state index contributed by atoms with van der Waals surface area (Å²) in [5, 5.41) is 12.5. The summed E-state index contributed by atoms with van der Waals surface area (Å²) < 4.78 is 5.82. The van der Waals surface area contributed by atoms with E-state index in [0.717, 1.165) is 26.2 Å². The molecule has 0 bridgehead atoms. The molecule has 0 aromatic heterocycles. The van der Waals surface area contributed by atoms with Gasteiger partial charge in [-0.25, -0.2) is 0 Å². The van der Waals surface area contributed by atoms with Gasteiger partial charge in [-0.15, -0.1) is 0 Å². The molecule has 0 saturated carbocycles. The fourth-order valence-corrected chi connectivity index (χ4v) is 2.86. The number of aliphatic hydroxyl groups excluding tert-OH is 1. The minimum atomic E-state index is 0.229. The Morgan fingerprint density at radius 2 is 1.95 bits per heavy atom. The fourth-order valence-electron chi connectivity index (χ4n) is 2.86. The summed E-state index contributed by atoms with van der Waals surface area (Å²) in [7, 11) is 0. The number of para-hydroxylation sites is 1. The van der Waals surface area contributed by atoms with Crippen molar-refractivity contribution in [3.8, 4) is 0 Å². The largest absolute Gasteiger partial charge is 0.396 e. The molecule has 1 aliphatic rings. The van der Waals surface area contributed by atoms with Crippen LogP contribution in [0.2, 0.25) is 0 Å². The maximum Gasteiger partial charge on any atom is 0.0726 e. The minimum absolute atomic E-state index is 0.229. The van der Waals surface area contributed by atoms with Crippen LogP contribution in [0.5, 0.6) is 0 Å². The predicted octanol–water partition coefficient (Wildman–Crippen LogP) is 2.02. The molecule has 2 N–H and O–H groups in total. The van der Waals surface area contributed by atoms with Crippen LogP contribution in [0, 0.1) is 5.92 Å². The Kier molecular flexibility index (Phi) is 6.03. The minimum Gasteiger partial charge on any atom is -0.396 e. The summed E-state index contributed by atoms with van der Waals surface area (Å²) in [6.45, 7) is 10.1. The molecule has 118 valence electrons. The van der Waals surface area contributed by atoms with E-state index in [1.807, 2.05) is 6.92 Å². The van der Waals surface area contributed by atoms with E-state index in [0.29, 0.717) is 5.92 Å². The van der Waals surface area contributed by atoms with Gasteiger partial charge in [-0.05, 0) is 31.4 Å². The van der Waals surface area contributed by atoms with Gasteiger partial charge in [0.25, 0.3) is 0 Å². The second kappa shape index (κ2) is 7.78. The number of hydrogen-bond donors (Lipinski definition) is 2. The van der Waals surface area contributed by atoms with Gasteiger partial charge in [-0.1, -0.05) is 25.1 Å². The molecule has 0 amide bonds. The first kappa shape index (κ1) is 16.3. The molecule has 4 nitrogen and oxygen atoms in total. The predicted molar refractivity (Wildman–Crippen MR) is 86.6 cm³/mol. The van der Waals surface area contributed by atoms with Crippen molar-refractivity contribution in [1.29, 1.82) is 0 Å². The standard InChI is InChI=1S/C17H28N2O2/c1-13(12-20)8-18-9-16-6-4-5-7-17(16)19-10-14(2)21-15(3)11-19/h4-7,13-15,18,20H,8-12H2,1-3H3. The molecule has 1 aromatic carbocycles. The van der Waals surface area contributed by atoms with Crippen molar-refractivity contribution in [2.24, 2.45) is 5.92 Å². The Morgan fingerprint density at radius 3 is 2.62 bits per heavy atom. The first-order chi connectivity index (χ1) is 10.1. The summed E-state index contributed by atoms with van der Waals surface area (Å²) in [6.07, 6.45) is 0.536. The normalized spacial score (nSPS) is 24.1. The summed E-state index contributed by atoms with van der Waals surface area (Å²) in [5.74, 6) is 0.292. The third-order valence-corrected chi connectivity index (χ3v) is 3.87. The van der Waals surface area contributed by atoms with E-state index in [-0.39, 0.29) is 18.8 Å². The topological polar surface area (TPSA) is 44.7 Å². The molecule has 0 spiro atoms. The Labute approximate surface area is 128 Å². The Balaban J connectivity index is 2.02. The molecule has 4 heteroatoms. The third kappa shape index (κ3) is 4.70. The van der Waals surface area contributed by atoms with Crippen LogP contribution in [0.3, 0.4) is 0 Å². The van der Waals surface area contributed by atoms with E-state index >= 15 is 0 Å². The van der Waals surface area contributed by atoms with Crippen LogP contribution in [0.15, 0.2) is 24.3 Å². The third-order valence-electron chi connectivity index (χ3n) is 3.87. The lowest BCUT2D eigenvalue weighted by atomic mass is 10.1. The molecule has 0 radical (unpaired) electrons. The van der Waals surface area contributed by atoms with Gasteiger partial charge in [0.05, 0.1) is 12.2 Å². The van der Waals surface area contributed by atoms with E-state index in [1.165, 1.54) is 11.3 Å². The van der Waals surface area contributed by atoms with Crippen molar-refractivity contribution in [2.75, 3.05) is 31.1 Å². The SMILES string of the molecule is CC(CO)CNCc1ccccc1N1CC(C)OC(C)C1. The first-order valence-electron chi connectivity index (χ1n) is 7.90. The van der Waals surface area contributed by atoms with Gasteiger partial charge >= 0.3 is 0 Å². The molecule has 1 aromatic rings. The second-order valence-corrected chi connectivity index (χ2v) is 6.21. The maximum absolute atomic E-state index is 9.09. The number of aliphatic hydroxyl groups is 1. The molecule has 21 heavy (non-hydrogen) atoms. The number of anilines is 1. The first-order valence-corrected chi connectivity index (χ1v) is 7.90. The Morgan fingerprint density at radius 1 is 1.29 bits per heavy atom.